The number of benzene rings is 1. The molecule has 0 saturated carbocycles. The summed E-state index contributed by atoms with van der Waals surface area (Å²) in [5.74, 6) is -0.340. The number of amides is 1. The molecule has 0 aliphatic carbocycles. The molecule has 1 atom stereocenters. The zero-order valence-electron chi connectivity index (χ0n) is 9.29. The van der Waals surface area contributed by atoms with Crippen LogP contribution in [0.3, 0.4) is 0 Å². The molecule has 0 aliphatic rings. The van der Waals surface area contributed by atoms with Gasteiger partial charge in [0.15, 0.2) is 0 Å². The predicted octanol–water partition coefficient (Wildman–Crippen LogP) is 1.47. The lowest BCUT2D eigenvalue weighted by Gasteiger charge is -2.11. The largest absolute Gasteiger partial charge is 0.358 e. The van der Waals surface area contributed by atoms with E-state index in [-0.39, 0.29) is 30.2 Å². The number of rotatable bonds is 4. The molecule has 0 unspecified atom stereocenters. The molecule has 1 rings (SSSR count). The maximum absolute atomic E-state index is 12.8. The number of likely N-dealkylation sites (N-methyl/N-ethyl adjacent to an activating group) is 1. The van der Waals surface area contributed by atoms with Crippen LogP contribution in [-0.2, 0) is 11.3 Å². The first-order valence-corrected chi connectivity index (χ1v) is 4.83. The summed E-state index contributed by atoms with van der Waals surface area (Å²) in [6.07, 6.45) is 0. The highest BCUT2D eigenvalue weighted by atomic mass is 35.5. The lowest BCUT2D eigenvalue weighted by atomic mass is 10.2. The number of halogens is 2. The van der Waals surface area contributed by atoms with E-state index in [1.807, 2.05) is 6.07 Å². The zero-order chi connectivity index (χ0) is 11.3. The average Bonchev–Trinajstić information content (AvgIpc) is 2.25. The van der Waals surface area contributed by atoms with Crippen LogP contribution in [0.5, 0.6) is 0 Å². The Bertz CT molecular complexity index is 347. The highest BCUT2D eigenvalue weighted by molar-refractivity contribution is 5.85. The molecule has 1 aromatic carbocycles. The molecular formula is C11H16ClFN2O. The van der Waals surface area contributed by atoms with E-state index in [0.29, 0.717) is 6.54 Å². The van der Waals surface area contributed by atoms with Gasteiger partial charge in [0.1, 0.15) is 5.82 Å². The molecule has 0 heterocycles. The van der Waals surface area contributed by atoms with Crippen molar-refractivity contribution in [3.63, 3.8) is 0 Å². The normalized spacial score (nSPS) is 11.4. The standard InChI is InChI=1S/C11H15FN2O.ClH/c1-8(11(15)13-2)14-7-9-4-3-5-10(12)6-9;/h3-6,8,14H,7H2,1-2H3,(H,13,15);1H/t8-;/m1./s1. The summed E-state index contributed by atoms with van der Waals surface area (Å²) in [4.78, 5) is 11.2. The fourth-order valence-corrected chi connectivity index (χ4v) is 1.23. The maximum Gasteiger partial charge on any atom is 0.236 e. The number of nitrogens with one attached hydrogen (secondary N) is 2. The van der Waals surface area contributed by atoms with Gasteiger partial charge in [-0.2, -0.15) is 0 Å². The quantitative estimate of drug-likeness (QED) is 0.845. The molecule has 0 radical (unpaired) electrons. The van der Waals surface area contributed by atoms with Gasteiger partial charge in [0.05, 0.1) is 6.04 Å². The van der Waals surface area contributed by atoms with Gasteiger partial charge < -0.3 is 10.6 Å². The summed E-state index contributed by atoms with van der Waals surface area (Å²) >= 11 is 0. The lowest BCUT2D eigenvalue weighted by molar-refractivity contribution is -0.122. The number of carbonyl (C=O) groups is 1. The molecule has 0 saturated heterocycles. The van der Waals surface area contributed by atoms with Crippen molar-refractivity contribution >= 4 is 18.3 Å². The van der Waals surface area contributed by atoms with Crippen molar-refractivity contribution in [1.29, 1.82) is 0 Å². The van der Waals surface area contributed by atoms with E-state index in [1.165, 1.54) is 12.1 Å². The number of hydrogen-bond donors (Lipinski definition) is 2. The molecule has 1 amide bonds. The van der Waals surface area contributed by atoms with E-state index in [0.717, 1.165) is 5.56 Å². The molecule has 0 fully saturated rings. The molecule has 1 aromatic rings. The minimum atomic E-state index is -0.279. The molecule has 0 aromatic heterocycles. The third-order valence-corrected chi connectivity index (χ3v) is 2.14. The number of carbonyl (C=O) groups excluding carboxylic acids is 1. The van der Waals surface area contributed by atoms with Crippen LogP contribution in [0.15, 0.2) is 24.3 Å². The van der Waals surface area contributed by atoms with Crippen LogP contribution in [0.1, 0.15) is 12.5 Å². The van der Waals surface area contributed by atoms with Gasteiger partial charge in [-0.05, 0) is 24.6 Å². The van der Waals surface area contributed by atoms with Gasteiger partial charge in [-0.15, -0.1) is 12.4 Å². The van der Waals surface area contributed by atoms with Gasteiger partial charge in [0.25, 0.3) is 0 Å². The van der Waals surface area contributed by atoms with Crippen molar-refractivity contribution in [3.05, 3.63) is 35.6 Å². The summed E-state index contributed by atoms with van der Waals surface area (Å²) < 4.78 is 12.8. The highest BCUT2D eigenvalue weighted by Gasteiger charge is 2.09. The van der Waals surface area contributed by atoms with Crippen molar-refractivity contribution in [2.75, 3.05) is 7.05 Å². The van der Waals surface area contributed by atoms with Crippen LogP contribution in [0, 0.1) is 5.82 Å². The summed E-state index contributed by atoms with van der Waals surface area (Å²) in [5, 5.41) is 5.53. The predicted molar refractivity (Wildman–Crippen MR) is 64.0 cm³/mol. The van der Waals surface area contributed by atoms with Crippen molar-refractivity contribution in [1.82, 2.24) is 10.6 Å². The molecule has 0 aliphatic heterocycles. The fourth-order valence-electron chi connectivity index (χ4n) is 1.23. The maximum atomic E-state index is 12.8. The SMILES string of the molecule is CNC(=O)[C@@H](C)NCc1cccc(F)c1.Cl. The number of hydrogen-bond acceptors (Lipinski definition) is 2. The molecule has 5 heteroatoms. The summed E-state index contributed by atoms with van der Waals surface area (Å²) in [7, 11) is 1.59. The molecule has 2 N–H and O–H groups in total. The van der Waals surface area contributed by atoms with Crippen LogP contribution < -0.4 is 10.6 Å². The van der Waals surface area contributed by atoms with Crippen LogP contribution >= 0.6 is 12.4 Å². The van der Waals surface area contributed by atoms with Crippen LogP contribution in [0.4, 0.5) is 4.39 Å². The second-order valence-electron chi connectivity index (χ2n) is 3.35. The Labute approximate surface area is 101 Å². The van der Waals surface area contributed by atoms with Gasteiger partial charge in [-0.3, -0.25) is 4.79 Å². The Balaban J connectivity index is 0.00000225. The fraction of sp³-hybridized carbons (Fsp3) is 0.364. The Kier molecular flexibility index (Phi) is 6.69. The molecule has 3 nitrogen and oxygen atoms in total. The van der Waals surface area contributed by atoms with E-state index < -0.39 is 0 Å². The third kappa shape index (κ3) is 4.59. The van der Waals surface area contributed by atoms with Crippen LogP contribution in [-0.4, -0.2) is 19.0 Å². The van der Waals surface area contributed by atoms with Gasteiger partial charge >= 0.3 is 0 Å². The van der Waals surface area contributed by atoms with Gasteiger partial charge in [-0.1, -0.05) is 12.1 Å². The van der Waals surface area contributed by atoms with Crippen molar-refractivity contribution < 1.29 is 9.18 Å². The first-order chi connectivity index (χ1) is 7.13. The average molecular weight is 247 g/mol. The van der Waals surface area contributed by atoms with E-state index >= 15 is 0 Å². The topological polar surface area (TPSA) is 41.1 Å². The molecule has 90 valence electrons. The van der Waals surface area contributed by atoms with Crippen molar-refractivity contribution in [2.45, 2.75) is 19.5 Å². The summed E-state index contributed by atoms with van der Waals surface area (Å²) in [6, 6.07) is 6.02. The Morgan fingerprint density at radius 1 is 1.50 bits per heavy atom. The van der Waals surface area contributed by atoms with E-state index in [4.69, 9.17) is 0 Å². The van der Waals surface area contributed by atoms with E-state index in [9.17, 15) is 9.18 Å². The highest BCUT2D eigenvalue weighted by Crippen LogP contribution is 2.03. The lowest BCUT2D eigenvalue weighted by Crippen LogP contribution is -2.40. The van der Waals surface area contributed by atoms with Crippen LogP contribution in [0.25, 0.3) is 0 Å². The van der Waals surface area contributed by atoms with Crippen LogP contribution in [0.2, 0.25) is 0 Å². The van der Waals surface area contributed by atoms with Gasteiger partial charge in [-0.25, -0.2) is 4.39 Å². The second-order valence-corrected chi connectivity index (χ2v) is 3.35. The first kappa shape index (κ1) is 14.9. The van der Waals surface area contributed by atoms with E-state index in [1.54, 1.807) is 20.0 Å². The third-order valence-electron chi connectivity index (χ3n) is 2.14. The molecule has 0 bridgehead atoms. The Hall–Kier alpha value is -1.13. The van der Waals surface area contributed by atoms with Crippen molar-refractivity contribution in [3.8, 4) is 0 Å². The summed E-state index contributed by atoms with van der Waals surface area (Å²) in [6.45, 7) is 2.24. The minimum absolute atomic E-state index is 0. The molecule has 0 spiro atoms. The second kappa shape index (κ2) is 7.19. The first-order valence-electron chi connectivity index (χ1n) is 4.83. The van der Waals surface area contributed by atoms with E-state index in [2.05, 4.69) is 10.6 Å². The zero-order valence-corrected chi connectivity index (χ0v) is 10.1. The van der Waals surface area contributed by atoms with Gasteiger partial charge in [0, 0.05) is 13.6 Å². The molecular weight excluding hydrogens is 231 g/mol. The molecule has 16 heavy (non-hydrogen) atoms. The monoisotopic (exact) mass is 246 g/mol. The summed E-state index contributed by atoms with van der Waals surface area (Å²) in [5.41, 5.74) is 0.825. The Morgan fingerprint density at radius 3 is 2.75 bits per heavy atom. The van der Waals surface area contributed by atoms with Crippen molar-refractivity contribution in [2.24, 2.45) is 0 Å². The Morgan fingerprint density at radius 2 is 2.19 bits per heavy atom. The minimum Gasteiger partial charge on any atom is -0.358 e. The smallest absolute Gasteiger partial charge is 0.236 e. The van der Waals surface area contributed by atoms with Gasteiger partial charge in [0.2, 0.25) is 5.91 Å².